The minimum absolute atomic E-state index is 0.512. The average molecular weight is 399 g/mol. The Morgan fingerprint density at radius 3 is 3.05 bits per heavy atom. The topological polar surface area (TPSA) is 59.4 Å². The monoisotopic (exact) mass is 397 g/mol. The first-order valence-corrected chi connectivity index (χ1v) is 8.13. The lowest BCUT2D eigenvalue weighted by Gasteiger charge is -2.06. The van der Waals surface area contributed by atoms with Crippen LogP contribution in [0, 0.1) is 4.77 Å². The van der Waals surface area contributed by atoms with Crippen LogP contribution >= 0.6 is 51.5 Å². The van der Waals surface area contributed by atoms with Gasteiger partial charge in [0.15, 0.2) is 10.4 Å². The van der Waals surface area contributed by atoms with Gasteiger partial charge in [0.2, 0.25) is 0 Å². The van der Waals surface area contributed by atoms with E-state index in [-0.39, 0.29) is 0 Å². The fraction of sp³-hybridized carbons (Fsp3) is 0. The van der Waals surface area contributed by atoms with Crippen LogP contribution in [0.25, 0.3) is 27.9 Å². The van der Waals surface area contributed by atoms with Gasteiger partial charge in [-0.2, -0.15) is 8.75 Å². The maximum atomic E-state index is 6.37. The molecule has 0 spiro atoms. The number of halogens is 2. The first kappa shape index (κ1) is 13.3. The number of rotatable bonds is 1. The molecule has 4 aromatic rings. The molecule has 0 saturated carbocycles. The van der Waals surface area contributed by atoms with E-state index >= 15 is 0 Å². The fourth-order valence-corrected chi connectivity index (χ4v) is 3.60. The summed E-state index contributed by atoms with van der Waals surface area (Å²) in [6.45, 7) is 0. The second-order valence-corrected chi connectivity index (χ2v) is 6.56. The van der Waals surface area contributed by atoms with Gasteiger partial charge in [-0.15, -0.1) is 0 Å². The highest BCUT2D eigenvalue weighted by Crippen LogP contribution is 2.31. The predicted molar refractivity (Wildman–Crippen MR) is 89.9 cm³/mol. The molecule has 1 N–H and O–H groups in total. The normalized spacial score (nSPS) is 11.5. The molecule has 0 fully saturated rings. The highest BCUT2D eigenvalue weighted by atomic mass is 79.9. The average Bonchev–Trinajstić information content (AvgIpc) is 3.02. The second kappa shape index (κ2) is 4.84. The molecule has 1 aromatic carbocycles. The van der Waals surface area contributed by atoms with Gasteiger partial charge in [0.1, 0.15) is 11.0 Å². The fourth-order valence-electron chi connectivity index (χ4n) is 2.20. The molecular weight excluding hydrogens is 394 g/mol. The first-order valence-electron chi connectivity index (χ1n) is 5.82. The Kier molecular flexibility index (Phi) is 3.07. The number of fused-ring (bicyclic) bond motifs is 2. The van der Waals surface area contributed by atoms with Crippen molar-refractivity contribution in [2.75, 3.05) is 0 Å². The van der Waals surface area contributed by atoms with E-state index < -0.39 is 0 Å². The van der Waals surface area contributed by atoms with Gasteiger partial charge >= 0.3 is 0 Å². The van der Waals surface area contributed by atoms with Crippen molar-refractivity contribution in [1.29, 1.82) is 0 Å². The number of pyridine rings is 1. The van der Waals surface area contributed by atoms with Crippen molar-refractivity contribution in [1.82, 2.24) is 23.3 Å². The largest absolute Gasteiger partial charge is 0.329 e. The van der Waals surface area contributed by atoms with Crippen molar-refractivity contribution in [2.45, 2.75) is 0 Å². The molecule has 0 amide bonds. The molecule has 3 heterocycles. The van der Waals surface area contributed by atoms with Crippen molar-refractivity contribution >= 4 is 73.7 Å². The van der Waals surface area contributed by atoms with E-state index in [1.54, 1.807) is 16.8 Å². The lowest BCUT2D eigenvalue weighted by Crippen LogP contribution is -1.98. The standard InChI is InChI=1S/C12H5BrClN5S2/c13-5-3-8-11(15-4-5)19(12(20)16-8)10-6(14)1-2-7-9(10)18-21-17-7/h1-4H,(H,16,20). The summed E-state index contributed by atoms with van der Waals surface area (Å²) in [5.74, 6) is 0. The molecule has 21 heavy (non-hydrogen) atoms. The molecule has 0 bridgehead atoms. The van der Waals surface area contributed by atoms with E-state index in [2.05, 4.69) is 34.6 Å². The van der Waals surface area contributed by atoms with Gasteiger partial charge in [-0.3, -0.25) is 4.57 Å². The summed E-state index contributed by atoms with van der Waals surface area (Å²) < 4.78 is 11.7. The number of nitrogens with one attached hydrogen (secondary N) is 1. The van der Waals surface area contributed by atoms with Crippen molar-refractivity contribution < 1.29 is 0 Å². The van der Waals surface area contributed by atoms with Crippen LogP contribution < -0.4 is 0 Å². The van der Waals surface area contributed by atoms with Gasteiger partial charge in [0, 0.05) is 10.7 Å². The molecule has 0 atom stereocenters. The molecule has 0 aliphatic rings. The number of aromatic nitrogens is 5. The number of benzene rings is 1. The molecule has 4 rings (SSSR count). The number of imidazole rings is 1. The maximum absolute atomic E-state index is 6.37. The quantitative estimate of drug-likeness (QED) is 0.479. The van der Waals surface area contributed by atoms with Gasteiger partial charge < -0.3 is 4.98 Å². The van der Waals surface area contributed by atoms with Gasteiger partial charge in [-0.25, -0.2) is 4.98 Å². The van der Waals surface area contributed by atoms with E-state index in [1.807, 2.05) is 12.1 Å². The second-order valence-electron chi connectivity index (χ2n) is 4.32. The molecular formula is C12H5BrClN5S2. The molecule has 104 valence electrons. The number of hydrogen-bond acceptors (Lipinski definition) is 5. The summed E-state index contributed by atoms with van der Waals surface area (Å²) in [5, 5.41) is 0.553. The molecule has 3 aromatic heterocycles. The number of H-pyrrole nitrogens is 1. The predicted octanol–water partition coefficient (Wildman–Crippen LogP) is 4.50. The number of nitrogens with zero attached hydrogens (tertiary/aromatic N) is 4. The van der Waals surface area contributed by atoms with Crippen LogP contribution in [0.5, 0.6) is 0 Å². The Balaban J connectivity index is 2.19. The van der Waals surface area contributed by atoms with E-state index in [0.29, 0.717) is 26.6 Å². The van der Waals surface area contributed by atoms with Crippen molar-refractivity contribution in [2.24, 2.45) is 0 Å². The number of hydrogen-bond donors (Lipinski definition) is 1. The summed E-state index contributed by atoms with van der Waals surface area (Å²) >= 11 is 16.3. The van der Waals surface area contributed by atoms with Crippen molar-refractivity contribution in [3.05, 3.63) is 38.7 Å². The van der Waals surface area contributed by atoms with Gasteiger partial charge in [-0.05, 0) is 46.3 Å². The SMILES string of the molecule is S=c1[nH]c2cc(Br)cnc2n1-c1c(Cl)ccc2nsnc12. The minimum atomic E-state index is 0.512. The van der Waals surface area contributed by atoms with E-state index in [4.69, 9.17) is 23.8 Å². The van der Waals surface area contributed by atoms with Gasteiger partial charge in [0.05, 0.1) is 28.0 Å². The summed E-state index contributed by atoms with van der Waals surface area (Å²) in [4.78, 5) is 7.56. The highest BCUT2D eigenvalue weighted by molar-refractivity contribution is 9.10. The van der Waals surface area contributed by atoms with E-state index in [9.17, 15) is 0 Å². The van der Waals surface area contributed by atoms with Crippen molar-refractivity contribution in [3.63, 3.8) is 0 Å². The Morgan fingerprint density at radius 2 is 2.19 bits per heavy atom. The lowest BCUT2D eigenvalue weighted by atomic mass is 10.2. The molecule has 0 saturated heterocycles. The molecule has 0 aliphatic carbocycles. The van der Waals surface area contributed by atoms with Crippen molar-refractivity contribution in [3.8, 4) is 5.69 Å². The molecule has 0 radical (unpaired) electrons. The Morgan fingerprint density at radius 1 is 1.33 bits per heavy atom. The van der Waals surface area contributed by atoms with Crippen LogP contribution in [-0.4, -0.2) is 23.3 Å². The van der Waals surface area contributed by atoms with Crippen LogP contribution in [0.2, 0.25) is 5.02 Å². The maximum Gasteiger partial charge on any atom is 0.184 e. The van der Waals surface area contributed by atoms with Crippen LogP contribution in [-0.2, 0) is 0 Å². The van der Waals surface area contributed by atoms with Gasteiger partial charge in [-0.1, -0.05) is 11.6 Å². The number of aromatic amines is 1. The zero-order chi connectivity index (χ0) is 14.6. The van der Waals surface area contributed by atoms with E-state index in [1.165, 1.54) is 0 Å². The molecule has 0 unspecified atom stereocenters. The lowest BCUT2D eigenvalue weighted by molar-refractivity contribution is 1.05. The van der Waals surface area contributed by atoms with Crippen LogP contribution in [0.3, 0.4) is 0 Å². The Bertz CT molecular complexity index is 1050. The van der Waals surface area contributed by atoms with E-state index in [0.717, 1.165) is 27.2 Å². The third kappa shape index (κ3) is 2.02. The van der Waals surface area contributed by atoms with Crippen LogP contribution in [0.15, 0.2) is 28.9 Å². The highest BCUT2D eigenvalue weighted by Gasteiger charge is 2.16. The zero-order valence-electron chi connectivity index (χ0n) is 10.2. The molecule has 0 aliphatic heterocycles. The summed E-state index contributed by atoms with van der Waals surface area (Å²) in [6, 6.07) is 5.55. The molecule has 5 nitrogen and oxygen atoms in total. The summed E-state index contributed by atoms with van der Waals surface area (Å²) in [6.07, 6.45) is 1.72. The Hall–Kier alpha value is -1.35. The molecule has 9 heteroatoms. The minimum Gasteiger partial charge on any atom is -0.329 e. The van der Waals surface area contributed by atoms with Crippen LogP contribution in [0.1, 0.15) is 0 Å². The van der Waals surface area contributed by atoms with Gasteiger partial charge in [0.25, 0.3) is 0 Å². The smallest absolute Gasteiger partial charge is 0.184 e. The summed E-state index contributed by atoms with van der Waals surface area (Å²) in [5.41, 5.74) is 3.73. The first-order chi connectivity index (χ1) is 10.1. The Labute approximate surface area is 141 Å². The third-order valence-corrected chi connectivity index (χ3v) is 4.63. The summed E-state index contributed by atoms with van der Waals surface area (Å²) in [7, 11) is 0. The third-order valence-electron chi connectivity index (χ3n) is 3.07. The zero-order valence-corrected chi connectivity index (χ0v) is 14.1. The van der Waals surface area contributed by atoms with Crippen LogP contribution in [0.4, 0.5) is 0 Å².